The molecule has 0 bridgehead atoms. The minimum Gasteiger partial charge on any atom is -0.497 e. The molecule has 2 N–H and O–H groups in total. The van der Waals surface area contributed by atoms with Gasteiger partial charge >= 0.3 is 0 Å². The molecular weight excluding hydrogens is 453 g/mol. The van der Waals surface area contributed by atoms with Gasteiger partial charge in [0.05, 0.1) is 20.8 Å². The van der Waals surface area contributed by atoms with Crippen molar-refractivity contribution in [1.29, 1.82) is 0 Å². The minimum atomic E-state index is 0. The molecule has 2 rings (SSSR count). The molecule has 0 unspecified atom stereocenters. The number of guanidine groups is 1. The lowest BCUT2D eigenvalue weighted by Gasteiger charge is -2.12. The zero-order valence-corrected chi connectivity index (χ0v) is 18.9. The Bertz CT molecular complexity index is 735. The fourth-order valence-corrected chi connectivity index (χ4v) is 2.63. The maximum atomic E-state index is 5.39. The lowest BCUT2D eigenvalue weighted by molar-refractivity contribution is 0.411. The number of nitrogens with zero attached hydrogens (tertiary/aromatic N) is 1. The molecule has 148 valence electrons. The fraction of sp³-hybridized carbons (Fsp3) is 0.381. The number of ether oxygens (including phenoxy) is 2. The highest BCUT2D eigenvalue weighted by Gasteiger charge is 2.02. The van der Waals surface area contributed by atoms with Crippen LogP contribution in [-0.4, -0.2) is 33.3 Å². The zero-order valence-electron chi connectivity index (χ0n) is 16.5. The Morgan fingerprint density at radius 1 is 1.00 bits per heavy atom. The highest BCUT2D eigenvalue weighted by atomic mass is 127. The first-order chi connectivity index (χ1) is 12.7. The highest BCUT2D eigenvalue weighted by molar-refractivity contribution is 14.0. The van der Waals surface area contributed by atoms with Crippen molar-refractivity contribution in [2.24, 2.45) is 4.99 Å². The molecule has 0 saturated heterocycles. The van der Waals surface area contributed by atoms with E-state index in [0.29, 0.717) is 6.54 Å². The van der Waals surface area contributed by atoms with E-state index in [0.717, 1.165) is 48.1 Å². The van der Waals surface area contributed by atoms with Gasteiger partial charge in [0.25, 0.3) is 0 Å². The van der Waals surface area contributed by atoms with Crippen molar-refractivity contribution in [2.75, 3.05) is 27.3 Å². The van der Waals surface area contributed by atoms with Gasteiger partial charge in [0.1, 0.15) is 11.5 Å². The second kappa shape index (κ2) is 12.4. The lowest BCUT2D eigenvalue weighted by Crippen LogP contribution is -2.38. The normalized spacial score (nSPS) is 10.7. The van der Waals surface area contributed by atoms with Crippen molar-refractivity contribution in [3.8, 4) is 11.5 Å². The number of halogens is 1. The summed E-state index contributed by atoms with van der Waals surface area (Å²) in [5.74, 6) is 2.60. The maximum absolute atomic E-state index is 5.39. The summed E-state index contributed by atoms with van der Waals surface area (Å²) in [4.78, 5) is 4.65. The lowest BCUT2D eigenvalue weighted by atomic mass is 10.1. The molecule has 0 heterocycles. The van der Waals surface area contributed by atoms with Crippen molar-refractivity contribution in [3.05, 3.63) is 59.2 Å². The van der Waals surface area contributed by atoms with Crippen LogP contribution in [0.4, 0.5) is 0 Å². The molecule has 2 aromatic carbocycles. The van der Waals surface area contributed by atoms with Crippen LogP contribution in [0.15, 0.2) is 47.5 Å². The van der Waals surface area contributed by atoms with Gasteiger partial charge in [-0.2, -0.15) is 0 Å². The minimum absolute atomic E-state index is 0. The van der Waals surface area contributed by atoms with Crippen LogP contribution in [0.1, 0.15) is 23.6 Å². The fourth-order valence-electron chi connectivity index (χ4n) is 2.63. The van der Waals surface area contributed by atoms with Crippen LogP contribution in [0.3, 0.4) is 0 Å². The van der Waals surface area contributed by atoms with Crippen molar-refractivity contribution in [3.63, 3.8) is 0 Å². The van der Waals surface area contributed by atoms with Gasteiger partial charge in [-0.15, -0.1) is 24.0 Å². The molecule has 0 amide bonds. The molecular formula is C21H30IN3O2. The molecule has 0 aliphatic rings. The van der Waals surface area contributed by atoms with Crippen molar-refractivity contribution < 1.29 is 9.47 Å². The molecule has 0 saturated carbocycles. The van der Waals surface area contributed by atoms with Gasteiger partial charge in [0.2, 0.25) is 0 Å². The van der Waals surface area contributed by atoms with Gasteiger partial charge in [-0.25, -0.2) is 4.99 Å². The predicted molar refractivity (Wildman–Crippen MR) is 123 cm³/mol. The van der Waals surface area contributed by atoms with E-state index in [9.17, 15) is 0 Å². The Morgan fingerprint density at radius 3 is 2.52 bits per heavy atom. The Balaban J connectivity index is 0.00000364. The molecule has 5 nitrogen and oxygen atoms in total. The van der Waals surface area contributed by atoms with Crippen LogP contribution in [0.2, 0.25) is 0 Å². The number of hydrogen-bond acceptors (Lipinski definition) is 3. The maximum Gasteiger partial charge on any atom is 0.191 e. The van der Waals surface area contributed by atoms with Crippen molar-refractivity contribution >= 4 is 29.9 Å². The number of methoxy groups -OCH3 is 2. The van der Waals surface area contributed by atoms with Crippen LogP contribution in [0.5, 0.6) is 11.5 Å². The summed E-state index contributed by atoms with van der Waals surface area (Å²) in [6, 6.07) is 14.3. The molecule has 0 fully saturated rings. The first kappa shape index (κ1) is 23.1. The van der Waals surface area contributed by atoms with Crippen LogP contribution >= 0.6 is 24.0 Å². The summed E-state index contributed by atoms with van der Waals surface area (Å²) in [5.41, 5.74) is 3.51. The SMILES string of the molecule is CCNC(=NCc1cccc(OC)c1)NCCc1ccc(C)c(OC)c1.I. The van der Waals surface area contributed by atoms with Crippen LogP contribution in [-0.2, 0) is 13.0 Å². The second-order valence-electron chi connectivity index (χ2n) is 6.03. The largest absolute Gasteiger partial charge is 0.497 e. The molecule has 0 aromatic heterocycles. The monoisotopic (exact) mass is 483 g/mol. The first-order valence-electron chi connectivity index (χ1n) is 8.95. The van der Waals surface area contributed by atoms with Crippen LogP contribution < -0.4 is 20.1 Å². The standard InChI is InChI=1S/C21H29N3O2.HI/c1-5-22-21(24-15-18-7-6-8-19(13-18)25-3)23-12-11-17-10-9-16(2)20(14-17)26-4;/h6-10,13-14H,5,11-12,15H2,1-4H3,(H2,22,23,24);1H. The molecule has 0 radical (unpaired) electrons. The topological polar surface area (TPSA) is 54.9 Å². The number of aryl methyl sites for hydroxylation is 1. The summed E-state index contributed by atoms with van der Waals surface area (Å²) in [6.45, 7) is 6.34. The Morgan fingerprint density at radius 2 is 1.81 bits per heavy atom. The van der Waals surface area contributed by atoms with E-state index in [4.69, 9.17) is 9.47 Å². The van der Waals surface area contributed by atoms with E-state index in [1.165, 1.54) is 5.56 Å². The summed E-state index contributed by atoms with van der Waals surface area (Å²) < 4.78 is 10.7. The van der Waals surface area contributed by atoms with E-state index in [-0.39, 0.29) is 24.0 Å². The smallest absolute Gasteiger partial charge is 0.191 e. The molecule has 27 heavy (non-hydrogen) atoms. The van der Waals surface area contributed by atoms with Crippen molar-refractivity contribution in [2.45, 2.75) is 26.8 Å². The number of hydrogen-bond donors (Lipinski definition) is 2. The predicted octanol–water partition coefficient (Wildman–Crippen LogP) is 3.93. The Kier molecular flexibility index (Phi) is 10.6. The molecule has 0 aliphatic heterocycles. The number of benzene rings is 2. The molecule has 0 atom stereocenters. The highest BCUT2D eigenvalue weighted by Crippen LogP contribution is 2.19. The third kappa shape index (κ3) is 7.66. The summed E-state index contributed by atoms with van der Waals surface area (Å²) >= 11 is 0. The van der Waals surface area contributed by atoms with Crippen LogP contribution in [0.25, 0.3) is 0 Å². The van der Waals surface area contributed by atoms with Gasteiger partial charge in [-0.1, -0.05) is 24.3 Å². The number of rotatable bonds is 8. The zero-order chi connectivity index (χ0) is 18.8. The third-order valence-electron chi connectivity index (χ3n) is 4.08. The average Bonchev–Trinajstić information content (AvgIpc) is 2.67. The van der Waals surface area contributed by atoms with Crippen LogP contribution in [0, 0.1) is 6.92 Å². The summed E-state index contributed by atoms with van der Waals surface area (Å²) in [6.07, 6.45) is 0.903. The third-order valence-corrected chi connectivity index (χ3v) is 4.08. The molecule has 2 aromatic rings. The second-order valence-corrected chi connectivity index (χ2v) is 6.03. The van der Waals surface area contributed by atoms with Gasteiger partial charge in [0.15, 0.2) is 5.96 Å². The van der Waals surface area contributed by atoms with Crippen molar-refractivity contribution in [1.82, 2.24) is 10.6 Å². The molecule has 6 heteroatoms. The van der Waals surface area contributed by atoms with E-state index >= 15 is 0 Å². The Labute approximate surface area is 179 Å². The average molecular weight is 483 g/mol. The number of nitrogens with one attached hydrogen (secondary N) is 2. The molecule has 0 spiro atoms. The van der Waals surface area contributed by atoms with E-state index in [1.807, 2.05) is 24.3 Å². The quantitative estimate of drug-likeness (QED) is 0.340. The Hall–Kier alpha value is -1.96. The number of aliphatic imine (C=N–C) groups is 1. The van der Waals surface area contributed by atoms with E-state index < -0.39 is 0 Å². The van der Waals surface area contributed by atoms with Gasteiger partial charge in [0, 0.05) is 13.1 Å². The van der Waals surface area contributed by atoms with E-state index in [2.05, 4.69) is 47.7 Å². The first-order valence-corrected chi connectivity index (χ1v) is 8.95. The van der Waals surface area contributed by atoms with Gasteiger partial charge < -0.3 is 20.1 Å². The summed E-state index contributed by atoms with van der Waals surface area (Å²) in [5, 5.41) is 6.67. The molecule has 0 aliphatic carbocycles. The van der Waals surface area contributed by atoms with Gasteiger partial charge in [-0.05, 0) is 55.2 Å². The van der Waals surface area contributed by atoms with E-state index in [1.54, 1.807) is 14.2 Å². The van der Waals surface area contributed by atoms with Gasteiger partial charge in [-0.3, -0.25) is 0 Å². The summed E-state index contributed by atoms with van der Waals surface area (Å²) in [7, 11) is 3.38.